The van der Waals surface area contributed by atoms with Crippen molar-refractivity contribution >= 4 is 29.0 Å². The van der Waals surface area contributed by atoms with Gasteiger partial charge in [-0.3, -0.25) is 28.9 Å². The molecule has 9 heteroatoms. The third kappa shape index (κ3) is 3.41. The summed E-state index contributed by atoms with van der Waals surface area (Å²) >= 11 is 0. The van der Waals surface area contributed by atoms with Crippen molar-refractivity contribution in [2.45, 2.75) is 37.8 Å². The lowest BCUT2D eigenvalue weighted by Gasteiger charge is -2.52. The van der Waals surface area contributed by atoms with Crippen molar-refractivity contribution in [2.75, 3.05) is 14.1 Å². The van der Waals surface area contributed by atoms with Gasteiger partial charge in [0.1, 0.15) is 5.75 Å². The molecular weight excluding hydrogens is 488 g/mol. The number of phenols is 1. The Morgan fingerprint density at radius 1 is 1.11 bits per heavy atom. The number of carbonyl (C=O) groups excluding carboxylic acids is 5. The topological polar surface area (TPSA) is 155 Å². The van der Waals surface area contributed by atoms with Crippen molar-refractivity contribution in [1.29, 1.82) is 0 Å². The van der Waals surface area contributed by atoms with E-state index in [1.165, 1.54) is 4.90 Å². The van der Waals surface area contributed by atoms with Crippen molar-refractivity contribution in [2.24, 2.45) is 29.4 Å². The van der Waals surface area contributed by atoms with Gasteiger partial charge in [0.05, 0.1) is 17.5 Å². The Morgan fingerprint density at radius 2 is 1.76 bits per heavy atom. The van der Waals surface area contributed by atoms with Crippen LogP contribution in [0.5, 0.6) is 5.75 Å². The van der Waals surface area contributed by atoms with Crippen LogP contribution in [0.4, 0.5) is 0 Å². The third-order valence-electron chi connectivity index (χ3n) is 8.61. The average Bonchev–Trinajstić information content (AvgIpc) is 2.86. The fourth-order valence-electron chi connectivity index (χ4n) is 6.87. The number of hydrogen-bond donors (Lipinski definition) is 3. The molecule has 9 nitrogen and oxygen atoms in total. The van der Waals surface area contributed by atoms with Crippen LogP contribution in [0.3, 0.4) is 0 Å². The maximum Gasteiger partial charge on any atom is 0.235 e. The van der Waals surface area contributed by atoms with E-state index in [-0.39, 0.29) is 24.2 Å². The molecule has 2 unspecified atom stereocenters. The number of benzene rings is 2. The molecule has 2 saturated carbocycles. The van der Waals surface area contributed by atoms with Crippen molar-refractivity contribution in [1.82, 2.24) is 4.90 Å². The molecule has 2 aromatic rings. The summed E-state index contributed by atoms with van der Waals surface area (Å²) in [6.07, 6.45) is 0.688. The molecule has 5 rings (SSSR count). The summed E-state index contributed by atoms with van der Waals surface area (Å²) < 4.78 is 0. The zero-order valence-corrected chi connectivity index (χ0v) is 21.4. The van der Waals surface area contributed by atoms with Crippen LogP contribution in [0.25, 0.3) is 11.1 Å². The number of carbonyl (C=O) groups is 5. The predicted molar refractivity (Wildman–Crippen MR) is 136 cm³/mol. The molecule has 6 atom stereocenters. The smallest absolute Gasteiger partial charge is 0.235 e. The number of fused-ring (bicyclic) bond motifs is 3. The molecule has 3 aliphatic rings. The first kappa shape index (κ1) is 25.9. The summed E-state index contributed by atoms with van der Waals surface area (Å²) in [5.74, 6) is -10.3. The van der Waals surface area contributed by atoms with Gasteiger partial charge in [-0.05, 0) is 67.6 Å². The normalized spacial score (nSPS) is 30.6. The molecule has 1 amide bonds. The minimum Gasteiger partial charge on any atom is -0.507 e. The largest absolute Gasteiger partial charge is 0.507 e. The van der Waals surface area contributed by atoms with Crippen LogP contribution in [0.1, 0.15) is 34.8 Å². The number of amides is 1. The van der Waals surface area contributed by atoms with Crippen molar-refractivity contribution in [3.05, 3.63) is 53.1 Å². The molecule has 4 N–H and O–H groups in total. The predicted octanol–water partition coefficient (Wildman–Crippen LogP) is 1.10. The number of likely N-dealkylation sites (N-methyl/N-ethyl adjacent to an activating group) is 1. The third-order valence-corrected chi connectivity index (χ3v) is 8.61. The molecule has 2 aromatic carbocycles. The van der Waals surface area contributed by atoms with E-state index in [1.54, 1.807) is 14.1 Å². The number of Topliss-reactive ketones (excluding diaryl/α,β-unsaturated/α-hetero) is 4. The maximum absolute atomic E-state index is 14.0. The SMILES string of the molecule is CCc1cc(-c2ccccc2)c2c(c1O)C(=O)C1C(=O)[C@@]3(O)C(=O)C(C(N)=O)C(=O)[C@H](N(C)C)[C@H]3C[C@H]1C2. The second-order valence-electron chi connectivity index (χ2n) is 10.8. The van der Waals surface area contributed by atoms with Crippen LogP contribution >= 0.6 is 0 Å². The van der Waals surface area contributed by atoms with Crippen LogP contribution in [-0.4, -0.2) is 69.9 Å². The van der Waals surface area contributed by atoms with Gasteiger partial charge >= 0.3 is 0 Å². The molecule has 38 heavy (non-hydrogen) atoms. The van der Waals surface area contributed by atoms with Crippen molar-refractivity contribution in [3.63, 3.8) is 0 Å². The van der Waals surface area contributed by atoms with Crippen LogP contribution in [0, 0.1) is 23.7 Å². The summed E-state index contributed by atoms with van der Waals surface area (Å²) in [6.45, 7) is 1.84. The number of aryl methyl sites for hydroxylation is 1. The Morgan fingerprint density at radius 3 is 2.34 bits per heavy atom. The molecule has 0 aliphatic heterocycles. The first-order chi connectivity index (χ1) is 17.9. The molecule has 0 heterocycles. The zero-order chi connectivity index (χ0) is 27.7. The highest BCUT2D eigenvalue weighted by atomic mass is 16.3. The number of aromatic hydroxyl groups is 1. The molecular formula is C29H30N2O7. The standard InChI is InChI=1S/C29H30N2O7/c1-4-13-10-16(14-8-6-5-7-9-14)17-11-15-12-18-22(31(2)3)25(34)21(28(30)37)27(36)29(18,38)26(35)19(15)24(33)20(17)23(13)32/h5-10,15,18-19,21-22,32,38H,4,11-12H2,1-3H3,(H2,30,37)/t15-,18-,19?,21?,22-,29-/m1/s1. The fraction of sp³-hybridized carbons (Fsp3) is 0.414. The minimum absolute atomic E-state index is 0.0222. The van der Waals surface area contributed by atoms with Gasteiger partial charge in [-0.1, -0.05) is 37.3 Å². The van der Waals surface area contributed by atoms with E-state index in [2.05, 4.69) is 0 Å². The summed E-state index contributed by atoms with van der Waals surface area (Å²) in [5.41, 5.74) is 5.41. The van der Waals surface area contributed by atoms with Gasteiger partial charge in [-0.15, -0.1) is 0 Å². The average molecular weight is 519 g/mol. The van der Waals surface area contributed by atoms with Gasteiger partial charge in [-0.2, -0.15) is 0 Å². The Bertz CT molecular complexity index is 1400. The summed E-state index contributed by atoms with van der Waals surface area (Å²) in [7, 11) is 3.12. The van der Waals surface area contributed by atoms with Crippen LogP contribution < -0.4 is 5.73 Å². The number of hydrogen-bond acceptors (Lipinski definition) is 8. The molecule has 0 saturated heterocycles. The minimum atomic E-state index is -2.73. The van der Waals surface area contributed by atoms with E-state index in [1.807, 2.05) is 43.3 Å². The number of nitrogens with zero attached hydrogens (tertiary/aromatic N) is 1. The highest BCUT2D eigenvalue weighted by Gasteiger charge is 2.69. The monoisotopic (exact) mass is 518 g/mol. The number of rotatable bonds is 4. The molecule has 0 bridgehead atoms. The molecule has 0 aromatic heterocycles. The number of primary amides is 1. The summed E-state index contributed by atoms with van der Waals surface area (Å²) in [6, 6.07) is 10.1. The number of ketones is 4. The van der Waals surface area contributed by atoms with Gasteiger partial charge in [-0.25, -0.2) is 0 Å². The van der Waals surface area contributed by atoms with Crippen molar-refractivity contribution < 1.29 is 34.2 Å². The van der Waals surface area contributed by atoms with E-state index in [0.717, 1.165) is 11.1 Å². The zero-order valence-electron chi connectivity index (χ0n) is 21.4. The van der Waals surface area contributed by atoms with Gasteiger partial charge in [0.2, 0.25) is 5.91 Å². The van der Waals surface area contributed by atoms with Gasteiger partial charge in [0.15, 0.2) is 34.7 Å². The Kier molecular flexibility index (Phi) is 6.11. The second kappa shape index (κ2) is 8.96. The van der Waals surface area contributed by atoms with E-state index in [9.17, 15) is 34.2 Å². The molecule has 3 aliphatic carbocycles. The lowest BCUT2D eigenvalue weighted by Crippen LogP contribution is -2.74. The Balaban J connectivity index is 1.70. The lowest BCUT2D eigenvalue weighted by atomic mass is 9.52. The molecule has 0 spiro atoms. The Hall–Kier alpha value is -3.69. The van der Waals surface area contributed by atoms with E-state index >= 15 is 0 Å². The first-order valence-electron chi connectivity index (χ1n) is 12.7. The van der Waals surface area contributed by atoms with E-state index in [4.69, 9.17) is 5.73 Å². The molecule has 2 fully saturated rings. The first-order valence-corrected chi connectivity index (χ1v) is 12.7. The number of phenolic OH excluding ortho intramolecular Hbond substituents is 1. The van der Waals surface area contributed by atoms with Gasteiger partial charge < -0.3 is 15.9 Å². The van der Waals surface area contributed by atoms with Crippen molar-refractivity contribution in [3.8, 4) is 16.9 Å². The number of aliphatic hydroxyl groups is 1. The second-order valence-corrected chi connectivity index (χ2v) is 10.8. The van der Waals surface area contributed by atoms with Crippen LogP contribution in [0.15, 0.2) is 36.4 Å². The fourth-order valence-corrected chi connectivity index (χ4v) is 6.87. The van der Waals surface area contributed by atoms with Crippen LogP contribution in [0.2, 0.25) is 0 Å². The highest BCUT2D eigenvalue weighted by Crippen LogP contribution is 2.52. The maximum atomic E-state index is 14.0. The molecule has 198 valence electrons. The van der Waals surface area contributed by atoms with Gasteiger partial charge in [0, 0.05) is 5.92 Å². The van der Waals surface area contributed by atoms with Crippen LogP contribution in [-0.2, 0) is 32.0 Å². The summed E-state index contributed by atoms with van der Waals surface area (Å²) in [4.78, 5) is 68.1. The quantitative estimate of drug-likeness (QED) is 0.508. The Labute approximate surface area is 219 Å². The van der Waals surface area contributed by atoms with Gasteiger partial charge in [0.25, 0.3) is 0 Å². The molecule has 0 radical (unpaired) electrons. The van der Waals surface area contributed by atoms with E-state index < -0.39 is 64.4 Å². The number of nitrogens with two attached hydrogens (primary N) is 1. The summed E-state index contributed by atoms with van der Waals surface area (Å²) in [5, 5.41) is 22.8. The van der Waals surface area contributed by atoms with E-state index in [0.29, 0.717) is 17.5 Å². The highest BCUT2D eigenvalue weighted by molar-refractivity contribution is 6.32. The lowest BCUT2D eigenvalue weighted by molar-refractivity contribution is -0.181.